The van der Waals surface area contributed by atoms with Crippen molar-refractivity contribution in [3.05, 3.63) is 29.8 Å². The zero-order valence-electron chi connectivity index (χ0n) is 8.73. The van der Waals surface area contributed by atoms with E-state index in [1.165, 1.54) is 12.1 Å². The van der Waals surface area contributed by atoms with Crippen LogP contribution in [0.4, 0.5) is 18.9 Å². The number of nitrogens with one attached hydrogen (secondary N) is 1. The normalized spacial score (nSPS) is 13.7. The van der Waals surface area contributed by atoms with Crippen molar-refractivity contribution in [1.82, 2.24) is 0 Å². The van der Waals surface area contributed by atoms with Gasteiger partial charge in [-0.15, -0.1) is 0 Å². The van der Waals surface area contributed by atoms with Crippen molar-refractivity contribution in [3.8, 4) is 0 Å². The van der Waals surface area contributed by atoms with Gasteiger partial charge in [-0.3, -0.25) is 0 Å². The number of anilines is 1. The predicted octanol–water partition coefficient (Wildman–Crippen LogP) is 3.78. The second kappa shape index (κ2) is 4.55. The van der Waals surface area contributed by atoms with Crippen molar-refractivity contribution < 1.29 is 13.2 Å². The molecule has 1 unspecified atom stereocenters. The maximum Gasteiger partial charge on any atom is 0.395 e. The third-order valence-corrected chi connectivity index (χ3v) is 2.41. The number of alkyl halides is 3. The van der Waals surface area contributed by atoms with Crippen LogP contribution >= 0.6 is 0 Å². The molecule has 15 heavy (non-hydrogen) atoms. The molecule has 0 bridgehead atoms. The molecule has 1 aromatic carbocycles. The van der Waals surface area contributed by atoms with E-state index in [1.54, 1.807) is 26.1 Å². The molecule has 0 radical (unpaired) electrons. The summed E-state index contributed by atoms with van der Waals surface area (Å²) in [5, 5.41) is 2.87. The fourth-order valence-electron chi connectivity index (χ4n) is 1.54. The Labute approximate surface area is 87.3 Å². The molecule has 0 aliphatic carbocycles. The quantitative estimate of drug-likeness (QED) is 0.812. The molecule has 1 atom stereocenters. The molecule has 4 heteroatoms. The summed E-state index contributed by atoms with van der Waals surface area (Å²) in [6.07, 6.45) is -4.09. The molecule has 0 amide bonds. The zero-order valence-corrected chi connectivity index (χ0v) is 8.73. The number of hydrogen-bond donors (Lipinski definition) is 1. The van der Waals surface area contributed by atoms with E-state index in [9.17, 15) is 13.2 Å². The zero-order chi connectivity index (χ0) is 11.5. The summed E-state index contributed by atoms with van der Waals surface area (Å²) >= 11 is 0. The second-order valence-corrected chi connectivity index (χ2v) is 3.37. The third-order valence-electron chi connectivity index (χ3n) is 2.41. The molecule has 0 aliphatic rings. The van der Waals surface area contributed by atoms with E-state index < -0.39 is 12.1 Å². The van der Waals surface area contributed by atoms with E-state index in [0.717, 1.165) is 5.69 Å². The number of rotatable bonds is 3. The monoisotopic (exact) mass is 217 g/mol. The first-order valence-corrected chi connectivity index (χ1v) is 4.83. The van der Waals surface area contributed by atoms with Gasteiger partial charge in [0.1, 0.15) is 0 Å². The highest BCUT2D eigenvalue weighted by atomic mass is 19.4. The maximum atomic E-state index is 12.6. The van der Waals surface area contributed by atoms with Gasteiger partial charge >= 0.3 is 6.18 Å². The summed E-state index contributed by atoms with van der Waals surface area (Å²) in [6.45, 7) is 1.55. The lowest BCUT2D eigenvalue weighted by Gasteiger charge is -2.19. The van der Waals surface area contributed by atoms with Crippen LogP contribution in [-0.4, -0.2) is 13.2 Å². The largest absolute Gasteiger partial charge is 0.395 e. The van der Waals surface area contributed by atoms with Crippen molar-refractivity contribution in [2.24, 2.45) is 0 Å². The van der Waals surface area contributed by atoms with Crippen LogP contribution in [0, 0.1) is 0 Å². The molecular weight excluding hydrogens is 203 g/mol. The molecule has 1 rings (SSSR count). The molecule has 0 heterocycles. The van der Waals surface area contributed by atoms with Crippen LogP contribution in [0.15, 0.2) is 24.3 Å². The highest BCUT2D eigenvalue weighted by Gasteiger charge is 2.39. The summed E-state index contributed by atoms with van der Waals surface area (Å²) in [7, 11) is 1.73. The summed E-state index contributed by atoms with van der Waals surface area (Å²) in [5.74, 6) is -1.36. The topological polar surface area (TPSA) is 12.0 Å². The van der Waals surface area contributed by atoms with Crippen molar-refractivity contribution in [2.45, 2.75) is 25.4 Å². The van der Waals surface area contributed by atoms with E-state index in [4.69, 9.17) is 0 Å². The highest BCUT2D eigenvalue weighted by Crippen LogP contribution is 2.37. The van der Waals surface area contributed by atoms with Crippen LogP contribution in [0.5, 0.6) is 0 Å². The molecule has 0 fully saturated rings. The number of benzene rings is 1. The first-order valence-electron chi connectivity index (χ1n) is 4.83. The highest BCUT2D eigenvalue weighted by molar-refractivity contribution is 5.44. The molecule has 84 valence electrons. The van der Waals surface area contributed by atoms with Gasteiger partial charge in [-0.05, 0) is 24.1 Å². The van der Waals surface area contributed by atoms with Crippen molar-refractivity contribution in [2.75, 3.05) is 12.4 Å². The van der Waals surface area contributed by atoms with Gasteiger partial charge in [0.15, 0.2) is 0 Å². The molecule has 1 aromatic rings. The Balaban J connectivity index is 2.93. The number of halogens is 3. The molecule has 0 aromatic heterocycles. The van der Waals surface area contributed by atoms with Gasteiger partial charge in [0, 0.05) is 12.7 Å². The third kappa shape index (κ3) is 2.88. The van der Waals surface area contributed by atoms with Crippen LogP contribution < -0.4 is 5.32 Å². The summed E-state index contributed by atoms with van der Waals surface area (Å²) < 4.78 is 37.7. The van der Waals surface area contributed by atoms with Gasteiger partial charge in [-0.1, -0.05) is 19.1 Å². The van der Waals surface area contributed by atoms with E-state index in [2.05, 4.69) is 5.32 Å². The SMILES string of the molecule is CCC(c1ccc(NC)cc1)C(F)(F)F. The standard InChI is InChI=1S/C11H14F3N/c1-3-10(11(12,13)14)8-4-6-9(15-2)7-5-8/h4-7,10,15H,3H2,1-2H3. The average molecular weight is 217 g/mol. The van der Waals surface area contributed by atoms with Crippen LogP contribution in [-0.2, 0) is 0 Å². The van der Waals surface area contributed by atoms with E-state index in [0.29, 0.717) is 5.56 Å². The minimum Gasteiger partial charge on any atom is -0.388 e. The molecule has 0 aliphatic heterocycles. The van der Waals surface area contributed by atoms with Crippen LogP contribution in [0.2, 0.25) is 0 Å². The molecule has 0 saturated carbocycles. The van der Waals surface area contributed by atoms with Gasteiger partial charge in [0.05, 0.1) is 5.92 Å². The molecule has 0 spiro atoms. The average Bonchev–Trinajstić information content (AvgIpc) is 2.18. The van der Waals surface area contributed by atoms with Crippen molar-refractivity contribution in [3.63, 3.8) is 0 Å². The van der Waals surface area contributed by atoms with Crippen LogP contribution in [0.25, 0.3) is 0 Å². The van der Waals surface area contributed by atoms with Crippen LogP contribution in [0.1, 0.15) is 24.8 Å². The Morgan fingerprint density at radius 2 is 1.73 bits per heavy atom. The van der Waals surface area contributed by atoms with Gasteiger partial charge in [-0.25, -0.2) is 0 Å². The Morgan fingerprint density at radius 3 is 2.07 bits per heavy atom. The first kappa shape index (κ1) is 11.9. The van der Waals surface area contributed by atoms with Crippen molar-refractivity contribution >= 4 is 5.69 Å². The lowest BCUT2D eigenvalue weighted by molar-refractivity contribution is -0.151. The Hall–Kier alpha value is -1.19. The van der Waals surface area contributed by atoms with E-state index >= 15 is 0 Å². The summed E-state index contributed by atoms with van der Waals surface area (Å²) in [6, 6.07) is 6.36. The predicted molar refractivity (Wildman–Crippen MR) is 55.1 cm³/mol. The lowest BCUT2D eigenvalue weighted by atomic mass is 9.96. The van der Waals surface area contributed by atoms with Gasteiger partial charge in [0.25, 0.3) is 0 Å². The van der Waals surface area contributed by atoms with E-state index in [1.807, 2.05) is 0 Å². The maximum absolute atomic E-state index is 12.6. The molecule has 1 N–H and O–H groups in total. The Bertz CT molecular complexity index is 303. The second-order valence-electron chi connectivity index (χ2n) is 3.37. The van der Waals surface area contributed by atoms with Gasteiger partial charge < -0.3 is 5.32 Å². The van der Waals surface area contributed by atoms with Gasteiger partial charge in [0.2, 0.25) is 0 Å². The summed E-state index contributed by atoms with van der Waals surface area (Å²) in [4.78, 5) is 0. The Morgan fingerprint density at radius 1 is 1.20 bits per heavy atom. The smallest absolute Gasteiger partial charge is 0.388 e. The van der Waals surface area contributed by atoms with Crippen molar-refractivity contribution in [1.29, 1.82) is 0 Å². The fourth-order valence-corrected chi connectivity index (χ4v) is 1.54. The van der Waals surface area contributed by atoms with Gasteiger partial charge in [-0.2, -0.15) is 13.2 Å². The fraction of sp³-hybridized carbons (Fsp3) is 0.455. The minimum atomic E-state index is -4.16. The number of hydrogen-bond acceptors (Lipinski definition) is 1. The molecule has 0 saturated heterocycles. The summed E-state index contributed by atoms with van der Waals surface area (Å²) in [5.41, 5.74) is 1.14. The van der Waals surface area contributed by atoms with Crippen LogP contribution in [0.3, 0.4) is 0 Å². The lowest BCUT2D eigenvalue weighted by Crippen LogP contribution is -2.19. The molecule has 1 nitrogen and oxygen atoms in total. The molecular formula is C11H14F3N. The first-order chi connectivity index (χ1) is 6.99. The minimum absolute atomic E-state index is 0.0718. The van der Waals surface area contributed by atoms with E-state index in [-0.39, 0.29) is 6.42 Å². The Kier molecular flexibility index (Phi) is 3.61.